The number of aromatic nitrogens is 1. The van der Waals surface area contributed by atoms with Gasteiger partial charge >= 0.3 is 0 Å². The van der Waals surface area contributed by atoms with E-state index >= 15 is 0 Å². The summed E-state index contributed by atoms with van der Waals surface area (Å²) < 4.78 is 1.96. The fourth-order valence-corrected chi connectivity index (χ4v) is 4.42. The molecule has 1 aliphatic heterocycles. The van der Waals surface area contributed by atoms with E-state index in [1.807, 2.05) is 40.4 Å². The molecular formula is C22H22N4O2S2. The van der Waals surface area contributed by atoms with Crippen molar-refractivity contribution in [2.45, 2.75) is 26.4 Å². The second-order valence-corrected chi connectivity index (χ2v) is 8.51. The highest BCUT2D eigenvalue weighted by Crippen LogP contribution is 2.28. The van der Waals surface area contributed by atoms with Gasteiger partial charge in [0.05, 0.1) is 12.1 Å². The van der Waals surface area contributed by atoms with E-state index < -0.39 is 0 Å². The van der Waals surface area contributed by atoms with Crippen molar-refractivity contribution in [3.05, 3.63) is 63.6 Å². The lowest BCUT2D eigenvalue weighted by molar-refractivity contribution is -0.122. The molecule has 0 saturated carbocycles. The molecule has 30 heavy (non-hydrogen) atoms. The molecule has 2 N–H and O–H groups in total. The summed E-state index contributed by atoms with van der Waals surface area (Å²) in [6.07, 6.45) is 4.58. The van der Waals surface area contributed by atoms with Gasteiger partial charge in [-0.3, -0.25) is 14.5 Å². The van der Waals surface area contributed by atoms with Crippen LogP contribution in [0.25, 0.3) is 17.0 Å². The quantitative estimate of drug-likeness (QED) is 0.458. The second-order valence-electron chi connectivity index (χ2n) is 7.09. The molecule has 0 radical (unpaired) electrons. The fourth-order valence-electron chi connectivity index (χ4n) is 3.58. The molecule has 0 unspecified atom stereocenters. The molecular weight excluding hydrogens is 416 g/mol. The van der Waals surface area contributed by atoms with Crippen molar-refractivity contribution in [1.82, 2.24) is 20.1 Å². The number of rotatable bonds is 6. The number of fused-ring (bicyclic) bond motifs is 1. The zero-order valence-electron chi connectivity index (χ0n) is 16.8. The maximum atomic E-state index is 12.6. The monoisotopic (exact) mass is 438 g/mol. The smallest absolute Gasteiger partial charge is 0.276 e. The Bertz CT molecular complexity index is 1160. The first-order valence-corrected chi connectivity index (χ1v) is 11.0. The second kappa shape index (κ2) is 8.41. The molecule has 4 rings (SSSR count). The number of aryl methyl sites for hydroxylation is 1. The van der Waals surface area contributed by atoms with Crippen LogP contribution in [-0.2, 0) is 29.1 Å². The van der Waals surface area contributed by atoms with Crippen LogP contribution in [0.1, 0.15) is 22.9 Å². The highest BCUT2D eigenvalue weighted by molar-refractivity contribution is 7.80. The average Bonchev–Trinajstić information content (AvgIpc) is 3.44. The summed E-state index contributed by atoms with van der Waals surface area (Å²) >= 11 is 6.79. The summed E-state index contributed by atoms with van der Waals surface area (Å²) in [4.78, 5) is 27.5. The van der Waals surface area contributed by atoms with Gasteiger partial charge in [-0.15, -0.1) is 11.3 Å². The van der Waals surface area contributed by atoms with E-state index in [-0.39, 0.29) is 18.4 Å². The Kier molecular flexibility index (Phi) is 5.69. The molecule has 2 amide bonds. The van der Waals surface area contributed by atoms with Gasteiger partial charge in [-0.25, -0.2) is 0 Å². The van der Waals surface area contributed by atoms with Crippen molar-refractivity contribution >= 4 is 57.5 Å². The van der Waals surface area contributed by atoms with E-state index in [1.165, 1.54) is 4.90 Å². The van der Waals surface area contributed by atoms with Crippen LogP contribution in [0.2, 0.25) is 0 Å². The zero-order chi connectivity index (χ0) is 21.3. The summed E-state index contributed by atoms with van der Waals surface area (Å²) in [7, 11) is 1.65. The third-order valence-electron chi connectivity index (χ3n) is 5.13. The lowest BCUT2D eigenvalue weighted by Gasteiger charge is -2.09. The van der Waals surface area contributed by atoms with Crippen molar-refractivity contribution in [2.24, 2.45) is 0 Å². The summed E-state index contributed by atoms with van der Waals surface area (Å²) in [5, 5.41) is 9.33. The summed E-state index contributed by atoms with van der Waals surface area (Å²) in [5.41, 5.74) is 3.48. The molecule has 0 aliphatic carbocycles. The van der Waals surface area contributed by atoms with Crippen molar-refractivity contribution in [3.63, 3.8) is 0 Å². The van der Waals surface area contributed by atoms with Crippen LogP contribution in [0.15, 0.2) is 47.6 Å². The summed E-state index contributed by atoms with van der Waals surface area (Å²) in [6, 6.07) is 10.1. The fraction of sp³-hybridized carbons (Fsp3) is 0.227. The van der Waals surface area contributed by atoms with Crippen LogP contribution in [0, 0.1) is 0 Å². The number of likely N-dealkylation sites (N-methyl/N-ethyl adjacent to an activating group) is 1. The van der Waals surface area contributed by atoms with E-state index in [0.29, 0.717) is 17.4 Å². The first-order valence-electron chi connectivity index (χ1n) is 9.68. The number of nitrogens with one attached hydrogen (secondary N) is 2. The lowest BCUT2D eigenvalue weighted by Crippen LogP contribution is -2.26. The first kappa shape index (κ1) is 20.3. The number of hydrogen-bond acceptors (Lipinski definition) is 4. The van der Waals surface area contributed by atoms with Crippen LogP contribution >= 0.6 is 23.6 Å². The number of benzene rings is 1. The van der Waals surface area contributed by atoms with Crippen LogP contribution < -0.4 is 10.6 Å². The van der Waals surface area contributed by atoms with Crippen LogP contribution in [0.4, 0.5) is 0 Å². The van der Waals surface area contributed by atoms with Crippen LogP contribution in [-0.4, -0.2) is 33.4 Å². The third kappa shape index (κ3) is 3.88. The van der Waals surface area contributed by atoms with Crippen molar-refractivity contribution in [2.75, 3.05) is 7.05 Å². The molecule has 0 bridgehead atoms. The minimum Gasteiger partial charge on any atom is -0.350 e. The Morgan fingerprint density at radius 2 is 2.13 bits per heavy atom. The minimum absolute atomic E-state index is 0.0543. The Morgan fingerprint density at radius 3 is 2.80 bits per heavy atom. The number of nitrogens with zero attached hydrogens (tertiary/aromatic N) is 2. The number of para-hydroxylation sites is 1. The van der Waals surface area contributed by atoms with Gasteiger partial charge in [0.1, 0.15) is 12.2 Å². The van der Waals surface area contributed by atoms with Gasteiger partial charge in [0.2, 0.25) is 5.91 Å². The maximum absolute atomic E-state index is 12.6. The largest absolute Gasteiger partial charge is 0.350 e. The molecule has 3 aromatic rings. The normalized spacial score (nSPS) is 15.3. The molecule has 1 saturated heterocycles. The zero-order valence-corrected chi connectivity index (χ0v) is 18.4. The molecule has 1 fully saturated rings. The predicted molar refractivity (Wildman–Crippen MR) is 124 cm³/mol. The highest BCUT2D eigenvalue weighted by Gasteiger charge is 2.27. The lowest BCUT2D eigenvalue weighted by atomic mass is 10.1. The molecule has 2 aromatic heterocycles. The van der Waals surface area contributed by atoms with Gasteiger partial charge in [-0.05, 0) is 41.7 Å². The van der Waals surface area contributed by atoms with Crippen LogP contribution in [0.3, 0.4) is 0 Å². The molecule has 0 spiro atoms. The number of hydrogen-bond donors (Lipinski definition) is 2. The molecule has 1 aromatic carbocycles. The van der Waals surface area contributed by atoms with Crippen molar-refractivity contribution in [3.8, 4) is 0 Å². The number of amides is 2. The Labute approximate surface area is 184 Å². The minimum atomic E-state index is -0.166. The number of carbonyl (C=O) groups is 2. The first-order chi connectivity index (χ1) is 14.5. The summed E-state index contributed by atoms with van der Waals surface area (Å²) in [6.45, 7) is 2.83. The topological polar surface area (TPSA) is 66.4 Å². The number of thiophene rings is 1. The Balaban J connectivity index is 1.67. The van der Waals surface area contributed by atoms with Gasteiger partial charge in [0, 0.05) is 29.1 Å². The van der Waals surface area contributed by atoms with E-state index in [9.17, 15) is 9.59 Å². The third-order valence-corrected chi connectivity index (χ3v) is 6.38. The van der Waals surface area contributed by atoms with Crippen molar-refractivity contribution < 1.29 is 9.59 Å². The van der Waals surface area contributed by atoms with Gasteiger partial charge in [-0.2, -0.15) is 0 Å². The highest BCUT2D eigenvalue weighted by atomic mass is 32.1. The standard InChI is InChI=1S/C22H22N4O2S2/c1-3-14-6-4-8-17-15(10-18-21(28)25(2)22(29)24-18)12-26(20(14)17)13-19(27)23-11-16-7-5-9-30-16/h4-10,12H,3,11,13H2,1-2H3,(H,23,27)(H,24,29)/b18-10-. The molecule has 8 heteroatoms. The number of thiocarbonyl (C=S) groups is 1. The van der Waals surface area contributed by atoms with Gasteiger partial charge in [0.15, 0.2) is 5.11 Å². The van der Waals surface area contributed by atoms with Crippen LogP contribution in [0.5, 0.6) is 0 Å². The van der Waals surface area contributed by atoms with Gasteiger partial charge in [-0.1, -0.05) is 31.2 Å². The molecule has 3 heterocycles. The SMILES string of the molecule is CCc1cccc2c(/C=C3\NC(=S)N(C)C3=O)cn(CC(=O)NCc3cccs3)c12. The maximum Gasteiger partial charge on any atom is 0.276 e. The van der Waals surface area contributed by atoms with Gasteiger partial charge < -0.3 is 15.2 Å². The predicted octanol–water partition coefficient (Wildman–Crippen LogP) is 3.27. The summed E-state index contributed by atoms with van der Waals surface area (Å²) in [5.74, 6) is -0.220. The van der Waals surface area contributed by atoms with E-state index in [4.69, 9.17) is 12.2 Å². The molecule has 6 nitrogen and oxygen atoms in total. The van der Waals surface area contributed by atoms with E-state index in [0.717, 1.165) is 33.3 Å². The average molecular weight is 439 g/mol. The van der Waals surface area contributed by atoms with Gasteiger partial charge in [0.25, 0.3) is 5.91 Å². The molecule has 0 atom stereocenters. The Hall–Kier alpha value is -2.97. The Morgan fingerprint density at radius 1 is 1.30 bits per heavy atom. The number of carbonyl (C=O) groups excluding carboxylic acids is 2. The van der Waals surface area contributed by atoms with Crippen molar-refractivity contribution in [1.29, 1.82) is 0 Å². The molecule has 154 valence electrons. The van der Waals surface area contributed by atoms with E-state index in [2.05, 4.69) is 23.6 Å². The van der Waals surface area contributed by atoms with E-state index in [1.54, 1.807) is 24.5 Å². The molecule has 1 aliphatic rings.